The van der Waals surface area contributed by atoms with Crippen LogP contribution in [0, 0.1) is 0 Å². The lowest BCUT2D eigenvalue weighted by molar-refractivity contribution is 0.0706. The molecule has 0 saturated carbocycles. The fraction of sp³-hybridized carbons (Fsp3) is 0.600. The molecule has 5 heteroatoms. The van der Waals surface area contributed by atoms with Crippen molar-refractivity contribution in [3.05, 3.63) is 22.8 Å². The maximum Gasteiger partial charge on any atom is 0.255 e. The molecule has 4 nitrogen and oxygen atoms in total. The molecule has 1 aromatic rings. The second kappa shape index (κ2) is 8.10. The van der Waals surface area contributed by atoms with Crippen molar-refractivity contribution in [2.45, 2.75) is 46.6 Å². The molecule has 0 atom stereocenters. The highest BCUT2D eigenvalue weighted by atomic mass is 35.5. The third kappa shape index (κ3) is 4.37. The van der Waals surface area contributed by atoms with E-state index < -0.39 is 0 Å². The molecule has 0 aliphatic rings. The zero-order chi connectivity index (χ0) is 15.1. The van der Waals surface area contributed by atoms with E-state index in [0.29, 0.717) is 16.4 Å². The van der Waals surface area contributed by atoms with Gasteiger partial charge in [0.15, 0.2) is 0 Å². The molecule has 0 radical (unpaired) electrons. The van der Waals surface area contributed by atoms with Gasteiger partial charge in [0.25, 0.3) is 5.91 Å². The predicted molar refractivity (Wildman–Crippen MR) is 84.5 cm³/mol. The predicted octanol–water partition coefficient (Wildman–Crippen LogP) is 3.82. The lowest BCUT2D eigenvalue weighted by Gasteiger charge is -2.26. The van der Waals surface area contributed by atoms with Crippen LogP contribution in [0.2, 0.25) is 5.02 Å². The second-order valence-corrected chi connectivity index (χ2v) is 5.48. The third-order valence-corrected chi connectivity index (χ3v) is 3.29. The zero-order valence-electron chi connectivity index (χ0n) is 12.7. The van der Waals surface area contributed by atoms with E-state index in [-0.39, 0.29) is 11.9 Å². The van der Waals surface area contributed by atoms with Crippen molar-refractivity contribution >= 4 is 23.3 Å². The Morgan fingerprint density at radius 1 is 1.40 bits per heavy atom. The first kappa shape index (κ1) is 16.8. The van der Waals surface area contributed by atoms with E-state index in [9.17, 15) is 4.79 Å². The largest absolute Gasteiger partial charge is 0.370 e. The third-order valence-electron chi connectivity index (χ3n) is 2.99. The summed E-state index contributed by atoms with van der Waals surface area (Å²) in [7, 11) is 0. The Labute approximate surface area is 126 Å². The van der Waals surface area contributed by atoms with Crippen LogP contribution < -0.4 is 5.32 Å². The summed E-state index contributed by atoms with van der Waals surface area (Å²) in [4.78, 5) is 18.6. The highest BCUT2D eigenvalue weighted by molar-refractivity contribution is 6.33. The van der Waals surface area contributed by atoms with Gasteiger partial charge in [-0.15, -0.1) is 0 Å². The summed E-state index contributed by atoms with van der Waals surface area (Å²) >= 11 is 6.14. The highest BCUT2D eigenvalue weighted by Gasteiger charge is 2.21. The minimum absolute atomic E-state index is 0.0335. The van der Waals surface area contributed by atoms with Crippen LogP contribution in [-0.2, 0) is 0 Å². The summed E-state index contributed by atoms with van der Waals surface area (Å²) in [5.74, 6) is 0.661. The SMILES string of the molecule is CCCNc1cc(C(=O)N(CCC)C(C)C)c(Cl)cn1. The molecule has 0 spiro atoms. The highest BCUT2D eigenvalue weighted by Crippen LogP contribution is 2.21. The first-order valence-corrected chi connectivity index (χ1v) is 7.59. The quantitative estimate of drug-likeness (QED) is 0.832. The first-order chi connectivity index (χ1) is 9.51. The van der Waals surface area contributed by atoms with Crippen LogP contribution in [0.15, 0.2) is 12.3 Å². The molecule has 0 aliphatic heterocycles. The molecular formula is C15H24ClN3O. The van der Waals surface area contributed by atoms with Crippen LogP contribution in [0.3, 0.4) is 0 Å². The Bertz CT molecular complexity index is 449. The smallest absolute Gasteiger partial charge is 0.255 e. The standard InChI is InChI=1S/C15H24ClN3O/c1-5-7-17-14-9-12(13(16)10-18-14)15(20)19(8-6-2)11(3)4/h9-11H,5-8H2,1-4H3,(H,17,18). The molecule has 0 bridgehead atoms. The number of halogens is 1. The lowest BCUT2D eigenvalue weighted by Crippen LogP contribution is -2.37. The van der Waals surface area contributed by atoms with Crippen molar-refractivity contribution in [3.63, 3.8) is 0 Å². The average Bonchev–Trinajstić information content (AvgIpc) is 2.42. The number of hydrogen-bond acceptors (Lipinski definition) is 3. The van der Waals surface area contributed by atoms with Gasteiger partial charge in [-0.1, -0.05) is 25.4 Å². The van der Waals surface area contributed by atoms with E-state index in [1.165, 1.54) is 6.20 Å². The Hall–Kier alpha value is -1.29. The lowest BCUT2D eigenvalue weighted by atomic mass is 10.2. The van der Waals surface area contributed by atoms with Crippen LogP contribution >= 0.6 is 11.6 Å². The van der Waals surface area contributed by atoms with Crippen molar-refractivity contribution in [3.8, 4) is 0 Å². The van der Waals surface area contributed by atoms with Crippen LogP contribution in [0.1, 0.15) is 50.9 Å². The van der Waals surface area contributed by atoms with Gasteiger partial charge < -0.3 is 10.2 Å². The molecule has 0 saturated heterocycles. The Kier molecular flexibility index (Phi) is 6.79. The second-order valence-electron chi connectivity index (χ2n) is 5.07. The van der Waals surface area contributed by atoms with Crippen molar-refractivity contribution in [1.29, 1.82) is 0 Å². The maximum absolute atomic E-state index is 12.6. The normalized spacial score (nSPS) is 10.7. The molecule has 112 valence electrons. The Morgan fingerprint density at radius 3 is 2.65 bits per heavy atom. The number of amides is 1. The van der Waals surface area contributed by atoms with Gasteiger partial charge in [-0.25, -0.2) is 4.98 Å². The number of anilines is 1. The van der Waals surface area contributed by atoms with Crippen molar-refractivity contribution < 1.29 is 4.79 Å². The molecule has 20 heavy (non-hydrogen) atoms. The van der Waals surface area contributed by atoms with Gasteiger partial charge >= 0.3 is 0 Å². The molecule has 0 fully saturated rings. The summed E-state index contributed by atoms with van der Waals surface area (Å²) in [6.07, 6.45) is 3.46. The van der Waals surface area contributed by atoms with E-state index in [2.05, 4.69) is 24.1 Å². The molecule has 1 N–H and O–H groups in total. The molecule has 1 aromatic heterocycles. The number of hydrogen-bond donors (Lipinski definition) is 1. The first-order valence-electron chi connectivity index (χ1n) is 7.21. The van der Waals surface area contributed by atoms with Gasteiger partial charge in [-0.2, -0.15) is 0 Å². The number of pyridine rings is 1. The molecule has 0 aliphatic carbocycles. The minimum atomic E-state index is -0.0335. The summed E-state index contributed by atoms with van der Waals surface area (Å²) in [6, 6.07) is 1.89. The number of rotatable bonds is 7. The van der Waals surface area contributed by atoms with Crippen LogP contribution in [0.5, 0.6) is 0 Å². The topological polar surface area (TPSA) is 45.2 Å². The maximum atomic E-state index is 12.6. The van der Waals surface area contributed by atoms with Gasteiger partial charge in [-0.05, 0) is 32.8 Å². The van der Waals surface area contributed by atoms with Gasteiger partial charge in [-0.3, -0.25) is 4.79 Å². The number of carbonyl (C=O) groups is 1. The van der Waals surface area contributed by atoms with Crippen LogP contribution in [-0.4, -0.2) is 34.9 Å². The van der Waals surface area contributed by atoms with E-state index in [0.717, 1.165) is 25.9 Å². The Morgan fingerprint density at radius 2 is 2.10 bits per heavy atom. The Balaban J connectivity index is 3.00. The van der Waals surface area contributed by atoms with Gasteiger partial charge in [0.05, 0.1) is 10.6 Å². The summed E-state index contributed by atoms with van der Waals surface area (Å²) in [6.45, 7) is 9.72. The monoisotopic (exact) mass is 297 g/mol. The summed E-state index contributed by atoms with van der Waals surface area (Å²) < 4.78 is 0. The van der Waals surface area contributed by atoms with Gasteiger partial charge in [0.1, 0.15) is 5.82 Å². The van der Waals surface area contributed by atoms with E-state index >= 15 is 0 Å². The summed E-state index contributed by atoms with van der Waals surface area (Å²) in [5.41, 5.74) is 0.516. The zero-order valence-corrected chi connectivity index (χ0v) is 13.5. The fourth-order valence-corrected chi connectivity index (χ4v) is 2.13. The summed E-state index contributed by atoms with van der Waals surface area (Å²) in [5, 5.41) is 3.58. The van der Waals surface area contributed by atoms with Gasteiger partial charge in [0.2, 0.25) is 0 Å². The molecule has 0 unspecified atom stereocenters. The number of carbonyl (C=O) groups excluding carboxylic acids is 1. The van der Waals surface area contributed by atoms with E-state index in [1.54, 1.807) is 6.07 Å². The molecule has 0 aromatic carbocycles. The minimum Gasteiger partial charge on any atom is -0.370 e. The fourth-order valence-electron chi connectivity index (χ4n) is 1.94. The van der Waals surface area contributed by atoms with Crippen molar-refractivity contribution in [1.82, 2.24) is 9.88 Å². The molecule has 1 heterocycles. The van der Waals surface area contributed by atoms with Crippen molar-refractivity contribution in [2.24, 2.45) is 0 Å². The van der Waals surface area contributed by atoms with Crippen LogP contribution in [0.4, 0.5) is 5.82 Å². The molecule has 1 amide bonds. The van der Waals surface area contributed by atoms with E-state index in [4.69, 9.17) is 11.6 Å². The van der Waals surface area contributed by atoms with Crippen LogP contribution in [0.25, 0.3) is 0 Å². The van der Waals surface area contributed by atoms with Gasteiger partial charge in [0, 0.05) is 25.3 Å². The molecule has 1 rings (SSSR count). The number of aromatic nitrogens is 1. The molecular weight excluding hydrogens is 274 g/mol. The number of nitrogens with zero attached hydrogens (tertiary/aromatic N) is 2. The average molecular weight is 298 g/mol. The number of nitrogens with one attached hydrogen (secondary N) is 1. The van der Waals surface area contributed by atoms with E-state index in [1.807, 2.05) is 18.7 Å². The van der Waals surface area contributed by atoms with Crippen molar-refractivity contribution in [2.75, 3.05) is 18.4 Å².